The quantitative estimate of drug-likeness (QED) is 0.891. The lowest BCUT2D eigenvalue weighted by Gasteiger charge is -2.25. The van der Waals surface area contributed by atoms with Gasteiger partial charge in [0, 0.05) is 13.6 Å². The highest BCUT2D eigenvalue weighted by atomic mass is 16.2. The van der Waals surface area contributed by atoms with Gasteiger partial charge < -0.3 is 10.2 Å². The third-order valence-electron chi connectivity index (χ3n) is 2.52. The topological polar surface area (TPSA) is 69.7 Å². The second kappa shape index (κ2) is 7.15. The number of benzene rings is 1. The van der Waals surface area contributed by atoms with Crippen molar-refractivity contribution >= 4 is 24.0 Å². The molecule has 0 saturated carbocycles. The van der Waals surface area contributed by atoms with Crippen LogP contribution in [0.1, 0.15) is 6.92 Å². The lowest BCUT2D eigenvalue weighted by Crippen LogP contribution is -2.49. The van der Waals surface area contributed by atoms with E-state index in [1.807, 2.05) is 0 Å². The summed E-state index contributed by atoms with van der Waals surface area (Å²) in [6.07, 6.45) is 1.55. The van der Waals surface area contributed by atoms with Crippen LogP contribution in [0.25, 0.3) is 0 Å². The zero-order valence-electron chi connectivity index (χ0n) is 10.9. The number of urea groups is 2. The van der Waals surface area contributed by atoms with Gasteiger partial charge in [0.2, 0.25) is 6.29 Å². The molecular formula is C13H16N3O3. The molecule has 0 bridgehead atoms. The second-order valence-electron chi connectivity index (χ2n) is 3.77. The largest absolute Gasteiger partial charge is 0.332 e. The molecule has 0 aromatic heterocycles. The maximum absolute atomic E-state index is 12.2. The number of rotatable bonds is 4. The standard InChI is InChI=1S/C13H16N3O3/c1-3-15(2)13(19)16(12(18)14-9-10-17)11-7-5-4-6-8-11/h4-8H,3,9H2,1-2H3,(H,14,18). The van der Waals surface area contributed by atoms with Crippen LogP contribution in [0.5, 0.6) is 0 Å². The Hall–Kier alpha value is -2.37. The molecule has 0 unspecified atom stereocenters. The van der Waals surface area contributed by atoms with Gasteiger partial charge in [-0.3, -0.25) is 4.79 Å². The number of carbonyl (C=O) groups is 2. The van der Waals surface area contributed by atoms with Crippen molar-refractivity contribution in [1.82, 2.24) is 10.2 Å². The SMILES string of the molecule is CCN(C)C(=O)N(C(=O)NC[C]=O)c1ccccc1. The average molecular weight is 262 g/mol. The molecule has 1 rings (SSSR count). The van der Waals surface area contributed by atoms with Crippen LogP contribution in [0.2, 0.25) is 0 Å². The monoisotopic (exact) mass is 262 g/mol. The Morgan fingerprint density at radius 3 is 2.42 bits per heavy atom. The van der Waals surface area contributed by atoms with Gasteiger partial charge in [-0.05, 0) is 19.1 Å². The van der Waals surface area contributed by atoms with Crippen LogP contribution in [0.15, 0.2) is 30.3 Å². The number of amides is 4. The maximum atomic E-state index is 12.2. The van der Waals surface area contributed by atoms with Gasteiger partial charge in [-0.25, -0.2) is 14.5 Å². The highest BCUT2D eigenvalue weighted by molar-refractivity contribution is 6.13. The average Bonchev–Trinajstić information content (AvgIpc) is 2.45. The number of imide groups is 1. The molecule has 0 heterocycles. The Kier molecular flexibility index (Phi) is 5.53. The van der Waals surface area contributed by atoms with Crippen LogP contribution in [-0.4, -0.2) is 43.4 Å². The molecule has 101 valence electrons. The summed E-state index contributed by atoms with van der Waals surface area (Å²) >= 11 is 0. The number of para-hydroxylation sites is 1. The second-order valence-corrected chi connectivity index (χ2v) is 3.77. The number of carbonyl (C=O) groups excluding carboxylic acids is 3. The van der Waals surface area contributed by atoms with Gasteiger partial charge in [0.15, 0.2) is 0 Å². The Morgan fingerprint density at radius 2 is 1.89 bits per heavy atom. The summed E-state index contributed by atoms with van der Waals surface area (Å²) < 4.78 is 0. The van der Waals surface area contributed by atoms with E-state index in [0.717, 1.165) is 4.90 Å². The summed E-state index contributed by atoms with van der Waals surface area (Å²) in [5.74, 6) is 0. The van der Waals surface area contributed by atoms with Gasteiger partial charge in [0.1, 0.15) is 0 Å². The van der Waals surface area contributed by atoms with Crippen LogP contribution < -0.4 is 10.2 Å². The Labute approximate surface area is 112 Å². The molecule has 4 amide bonds. The Morgan fingerprint density at radius 1 is 1.26 bits per heavy atom. The fourth-order valence-corrected chi connectivity index (χ4v) is 1.39. The predicted octanol–water partition coefficient (Wildman–Crippen LogP) is 1.38. The molecule has 6 nitrogen and oxygen atoms in total. The fourth-order valence-electron chi connectivity index (χ4n) is 1.39. The predicted molar refractivity (Wildman–Crippen MR) is 71.7 cm³/mol. The van der Waals surface area contributed by atoms with Crippen LogP contribution >= 0.6 is 0 Å². The minimum Gasteiger partial charge on any atom is -0.330 e. The molecule has 1 aromatic carbocycles. The van der Waals surface area contributed by atoms with Gasteiger partial charge in [0.05, 0.1) is 12.2 Å². The molecule has 0 spiro atoms. The van der Waals surface area contributed by atoms with Gasteiger partial charge >= 0.3 is 12.1 Å². The summed E-state index contributed by atoms with van der Waals surface area (Å²) in [5.41, 5.74) is 0.441. The van der Waals surface area contributed by atoms with Crippen molar-refractivity contribution in [3.8, 4) is 0 Å². The van der Waals surface area contributed by atoms with E-state index in [0.29, 0.717) is 12.2 Å². The van der Waals surface area contributed by atoms with Crippen molar-refractivity contribution in [1.29, 1.82) is 0 Å². The third-order valence-corrected chi connectivity index (χ3v) is 2.52. The maximum Gasteiger partial charge on any atom is 0.332 e. The molecular weight excluding hydrogens is 246 g/mol. The first-order chi connectivity index (χ1) is 9.11. The van der Waals surface area contributed by atoms with Crippen molar-refractivity contribution in [2.45, 2.75) is 6.92 Å². The van der Waals surface area contributed by atoms with Crippen LogP contribution in [0.4, 0.5) is 15.3 Å². The number of hydrogen-bond donors (Lipinski definition) is 1. The summed E-state index contributed by atoms with van der Waals surface area (Å²) in [6.45, 7) is 2.01. The molecule has 0 aliphatic rings. The molecule has 1 N–H and O–H groups in total. The van der Waals surface area contributed by atoms with E-state index in [9.17, 15) is 14.4 Å². The van der Waals surface area contributed by atoms with Crippen molar-refractivity contribution in [3.63, 3.8) is 0 Å². The summed E-state index contributed by atoms with van der Waals surface area (Å²) in [6, 6.07) is 7.41. The van der Waals surface area contributed by atoms with E-state index in [1.54, 1.807) is 50.6 Å². The lowest BCUT2D eigenvalue weighted by molar-refractivity contribution is 0.213. The van der Waals surface area contributed by atoms with E-state index in [1.165, 1.54) is 4.90 Å². The molecule has 0 atom stereocenters. The summed E-state index contributed by atoms with van der Waals surface area (Å²) in [5, 5.41) is 2.31. The molecule has 19 heavy (non-hydrogen) atoms. The van der Waals surface area contributed by atoms with Gasteiger partial charge in [-0.2, -0.15) is 0 Å². The van der Waals surface area contributed by atoms with Crippen LogP contribution in [0, 0.1) is 0 Å². The van der Waals surface area contributed by atoms with E-state index >= 15 is 0 Å². The first-order valence-corrected chi connectivity index (χ1v) is 5.85. The molecule has 0 aliphatic carbocycles. The molecule has 6 heteroatoms. The first kappa shape index (κ1) is 14.7. The zero-order chi connectivity index (χ0) is 14.3. The Bertz CT molecular complexity index is 448. The third kappa shape index (κ3) is 3.80. The minimum absolute atomic E-state index is 0.259. The van der Waals surface area contributed by atoms with Gasteiger partial charge in [-0.15, -0.1) is 0 Å². The number of anilines is 1. The van der Waals surface area contributed by atoms with Crippen LogP contribution in [0.3, 0.4) is 0 Å². The normalized spacial score (nSPS) is 9.58. The van der Waals surface area contributed by atoms with E-state index < -0.39 is 12.1 Å². The van der Waals surface area contributed by atoms with Crippen molar-refractivity contribution in [2.75, 3.05) is 25.0 Å². The lowest BCUT2D eigenvalue weighted by atomic mass is 10.3. The number of nitrogens with zero attached hydrogens (tertiary/aromatic N) is 2. The molecule has 0 fully saturated rings. The fraction of sp³-hybridized carbons (Fsp3) is 0.308. The highest BCUT2D eigenvalue weighted by Crippen LogP contribution is 2.15. The van der Waals surface area contributed by atoms with Crippen molar-refractivity contribution in [3.05, 3.63) is 30.3 Å². The van der Waals surface area contributed by atoms with E-state index in [4.69, 9.17) is 0 Å². The smallest absolute Gasteiger partial charge is 0.330 e. The van der Waals surface area contributed by atoms with Crippen LogP contribution in [-0.2, 0) is 4.79 Å². The summed E-state index contributed by atoms with van der Waals surface area (Å²) in [7, 11) is 1.59. The highest BCUT2D eigenvalue weighted by Gasteiger charge is 2.25. The number of hydrogen-bond acceptors (Lipinski definition) is 3. The van der Waals surface area contributed by atoms with E-state index in [-0.39, 0.29) is 6.54 Å². The zero-order valence-corrected chi connectivity index (χ0v) is 10.9. The molecule has 0 saturated heterocycles. The van der Waals surface area contributed by atoms with E-state index in [2.05, 4.69) is 5.32 Å². The van der Waals surface area contributed by atoms with Gasteiger partial charge in [-0.1, -0.05) is 18.2 Å². The minimum atomic E-state index is -0.653. The van der Waals surface area contributed by atoms with Crippen molar-refractivity contribution < 1.29 is 14.4 Å². The molecule has 0 aliphatic heterocycles. The molecule has 1 radical (unpaired) electrons. The molecule has 1 aromatic rings. The summed E-state index contributed by atoms with van der Waals surface area (Å²) in [4.78, 5) is 36.7. The van der Waals surface area contributed by atoms with Crippen molar-refractivity contribution in [2.24, 2.45) is 0 Å². The van der Waals surface area contributed by atoms with Gasteiger partial charge in [0.25, 0.3) is 0 Å². The number of nitrogens with one attached hydrogen (secondary N) is 1. The Balaban J connectivity index is 3.01. The first-order valence-electron chi connectivity index (χ1n) is 5.85.